The number of rotatable bonds is 6. The maximum absolute atomic E-state index is 10.8. The van der Waals surface area contributed by atoms with Crippen LogP contribution in [0, 0.1) is 20.2 Å². The fourth-order valence-electron chi connectivity index (χ4n) is 1.08. The maximum atomic E-state index is 10.8. The van der Waals surface area contributed by atoms with Gasteiger partial charge in [-0.2, -0.15) is 0 Å². The topological polar surface area (TPSA) is 134 Å². The second-order valence-electron chi connectivity index (χ2n) is 3.04. The van der Waals surface area contributed by atoms with Gasteiger partial charge in [-0.05, 0) is 0 Å². The lowest BCUT2D eigenvalue weighted by Gasteiger charge is -2.14. The molecule has 94 valence electrons. The molecule has 0 bridgehead atoms. The molecule has 0 aromatic carbocycles. The number of epoxide rings is 1. The lowest BCUT2D eigenvalue weighted by atomic mass is 10.1. The molecule has 1 aliphatic rings. The Labute approximate surface area is 94.0 Å². The minimum atomic E-state index is -2.69. The lowest BCUT2D eigenvalue weighted by molar-refractivity contribution is -0.800. The summed E-state index contributed by atoms with van der Waals surface area (Å²) in [7, 11) is 0. The van der Waals surface area contributed by atoms with Gasteiger partial charge >= 0.3 is 11.8 Å². The molecule has 1 rings (SSSR count). The summed E-state index contributed by atoms with van der Waals surface area (Å²) in [6, 6.07) is 0. The van der Waals surface area contributed by atoms with E-state index in [1.165, 1.54) is 0 Å². The van der Waals surface area contributed by atoms with E-state index in [9.17, 15) is 25.0 Å². The van der Waals surface area contributed by atoms with Gasteiger partial charge in [0.25, 0.3) is 0 Å². The molecule has 0 spiro atoms. The Morgan fingerprint density at radius 2 is 2.06 bits per heavy atom. The molecule has 1 unspecified atom stereocenters. The summed E-state index contributed by atoms with van der Waals surface area (Å²) < 4.78 is 12.9. The molecule has 0 radical (unpaired) electrons. The smallest absolute Gasteiger partial charge is 0.418 e. The number of hydrogen-bond donors (Lipinski definition) is 0. The van der Waals surface area contributed by atoms with Crippen LogP contribution in [0.5, 0.6) is 0 Å². The Morgan fingerprint density at radius 1 is 1.53 bits per heavy atom. The van der Waals surface area contributed by atoms with Crippen molar-refractivity contribution in [3.05, 3.63) is 33.1 Å². The minimum Gasteiger partial charge on any atom is -0.418 e. The van der Waals surface area contributed by atoms with Crippen LogP contribution in [0.2, 0.25) is 0 Å². The van der Waals surface area contributed by atoms with Crippen LogP contribution in [0.3, 0.4) is 0 Å². The number of nitrogens with zero attached hydrogens (tertiary/aromatic N) is 2. The summed E-state index contributed by atoms with van der Waals surface area (Å²) in [4.78, 5) is 30.0. The Morgan fingerprint density at radius 3 is 2.41 bits per heavy atom. The van der Waals surface area contributed by atoms with Gasteiger partial charge in [-0.3, -0.25) is 20.2 Å². The van der Waals surface area contributed by atoms with Crippen molar-refractivity contribution in [2.24, 2.45) is 0 Å². The van der Waals surface area contributed by atoms with Crippen LogP contribution in [0.4, 0.5) is 4.79 Å². The number of ether oxygens (including phenoxy) is 3. The molecular weight excluding hydrogens is 240 g/mol. The van der Waals surface area contributed by atoms with Crippen molar-refractivity contribution in [3.8, 4) is 0 Å². The van der Waals surface area contributed by atoms with Gasteiger partial charge in [0.2, 0.25) is 12.7 Å². The van der Waals surface area contributed by atoms with E-state index in [2.05, 4.69) is 20.8 Å². The highest BCUT2D eigenvalue weighted by Crippen LogP contribution is 2.29. The molecule has 0 N–H and O–H groups in total. The van der Waals surface area contributed by atoms with Crippen LogP contribution in [-0.2, 0) is 14.2 Å². The van der Waals surface area contributed by atoms with Gasteiger partial charge in [0.1, 0.15) is 9.85 Å². The first-order valence-corrected chi connectivity index (χ1v) is 4.30. The summed E-state index contributed by atoms with van der Waals surface area (Å²) >= 11 is 0. The van der Waals surface area contributed by atoms with Gasteiger partial charge < -0.3 is 14.2 Å². The molecule has 10 heteroatoms. The first kappa shape index (κ1) is 12.8. The van der Waals surface area contributed by atoms with Crippen LogP contribution in [0.1, 0.15) is 0 Å². The van der Waals surface area contributed by atoms with Crippen molar-refractivity contribution in [2.75, 3.05) is 13.2 Å². The fraction of sp³-hybridized carbons (Fsp3) is 0.571. The third-order valence-electron chi connectivity index (χ3n) is 2.06. The predicted octanol–water partition coefficient (Wildman–Crippen LogP) is -0.0684. The number of carbonyl (C=O) groups is 1. The Balaban J connectivity index is 2.76. The van der Waals surface area contributed by atoms with Crippen LogP contribution in [-0.4, -0.2) is 41.0 Å². The number of carbonyl (C=O) groups excluding carboxylic acids is 1. The van der Waals surface area contributed by atoms with Gasteiger partial charge in [-0.1, -0.05) is 6.58 Å². The molecule has 0 aliphatic carbocycles. The second-order valence-corrected chi connectivity index (χ2v) is 3.04. The van der Waals surface area contributed by atoms with Crippen LogP contribution in [0.15, 0.2) is 12.8 Å². The van der Waals surface area contributed by atoms with E-state index >= 15 is 0 Å². The van der Waals surface area contributed by atoms with E-state index in [0.717, 1.165) is 6.26 Å². The van der Waals surface area contributed by atoms with Gasteiger partial charge in [-0.15, -0.1) is 0 Å². The van der Waals surface area contributed by atoms with Crippen molar-refractivity contribution in [1.29, 1.82) is 0 Å². The average molecular weight is 248 g/mol. The predicted molar refractivity (Wildman–Crippen MR) is 49.1 cm³/mol. The molecule has 10 nitrogen and oxygen atoms in total. The summed E-state index contributed by atoms with van der Waals surface area (Å²) in [6.07, 6.45) is -1.80. The van der Waals surface area contributed by atoms with Gasteiger partial charge in [0, 0.05) is 0 Å². The molecule has 0 aromatic rings. The maximum Gasteiger partial charge on any atom is 0.518 e. The van der Waals surface area contributed by atoms with Gasteiger partial charge in [0.05, 0.1) is 12.9 Å². The van der Waals surface area contributed by atoms with Crippen molar-refractivity contribution in [2.45, 2.75) is 11.8 Å². The quantitative estimate of drug-likeness (QED) is 0.159. The number of nitro groups is 2. The SMILES string of the molecule is C=COC(=O)OCC(C1CO1)([N+](=O)[O-])[N+](=O)[O-]. The zero-order chi connectivity index (χ0) is 13.1. The van der Waals surface area contributed by atoms with Crippen LogP contribution >= 0.6 is 0 Å². The molecular formula is C7H8N2O8. The Bertz CT molecular complexity index is 349. The Hall–Kier alpha value is -2.23. The molecule has 1 saturated heterocycles. The zero-order valence-electron chi connectivity index (χ0n) is 8.44. The standard InChI is InChI=1S/C7H8N2O8/c1-2-15-6(10)17-4-7(8(11)12,9(13)14)5-3-16-5/h2,5H,1,3-4H2. The summed E-state index contributed by atoms with van der Waals surface area (Å²) in [5.74, 6) is 0. The summed E-state index contributed by atoms with van der Waals surface area (Å²) in [5, 5.41) is 21.5. The van der Waals surface area contributed by atoms with Crippen molar-refractivity contribution in [3.63, 3.8) is 0 Å². The van der Waals surface area contributed by atoms with Crippen LogP contribution < -0.4 is 0 Å². The van der Waals surface area contributed by atoms with E-state index in [0.29, 0.717) is 0 Å². The van der Waals surface area contributed by atoms with Crippen LogP contribution in [0.25, 0.3) is 0 Å². The molecule has 0 amide bonds. The summed E-state index contributed by atoms with van der Waals surface area (Å²) in [5.41, 5.74) is -2.69. The van der Waals surface area contributed by atoms with Gasteiger partial charge in [-0.25, -0.2) is 4.79 Å². The first-order valence-electron chi connectivity index (χ1n) is 4.30. The van der Waals surface area contributed by atoms with E-state index in [1.54, 1.807) is 0 Å². The Kier molecular flexibility index (Phi) is 3.58. The second kappa shape index (κ2) is 4.74. The normalized spacial score (nSPS) is 18.0. The lowest BCUT2D eigenvalue weighted by Crippen LogP contribution is -2.55. The molecule has 1 aliphatic heterocycles. The third kappa shape index (κ3) is 2.47. The minimum absolute atomic E-state index is 0.137. The van der Waals surface area contributed by atoms with Crippen molar-refractivity contribution < 1.29 is 28.9 Å². The zero-order valence-corrected chi connectivity index (χ0v) is 8.44. The van der Waals surface area contributed by atoms with E-state index in [4.69, 9.17) is 0 Å². The first-order chi connectivity index (χ1) is 7.95. The average Bonchev–Trinajstić information content (AvgIpc) is 3.02. The summed E-state index contributed by atoms with van der Waals surface area (Å²) in [6.45, 7) is 1.83. The van der Waals surface area contributed by atoms with E-state index in [1.807, 2.05) is 0 Å². The fourth-order valence-corrected chi connectivity index (χ4v) is 1.08. The van der Waals surface area contributed by atoms with Crippen molar-refractivity contribution in [1.82, 2.24) is 0 Å². The van der Waals surface area contributed by atoms with E-state index < -0.39 is 34.4 Å². The highest BCUT2D eigenvalue weighted by Gasteiger charge is 2.70. The molecule has 17 heavy (non-hydrogen) atoms. The molecule has 1 atom stereocenters. The molecule has 1 heterocycles. The highest BCUT2D eigenvalue weighted by molar-refractivity contribution is 5.60. The highest BCUT2D eigenvalue weighted by atomic mass is 16.7. The molecule has 0 aromatic heterocycles. The van der Waals surface area contributed by atoms with Crippen molar-refractivity contribution >= 4 is 6.16 Å². The number of hydrogen-bond acceptors (Lipinski definition) is 8. The molecule has 1 fully saturated rings. The van der Waals surface area contributed by atoms with E-state index in [-0.39, 0.29) is 6.61 Å². The largest absolute Gasteiger partial charge is 0.518 e. The van der Waals surface area contributed by atoms with Gasteiger partial charge in [0.15, 0.2) is 0 Å². The monoisotopic (exact) mass is 248 g/mol. The molecule has 0 saturated carbocycles. The third-order valence-corrected chi connectivity index (χ3v) is 2.06.